The largest absolute Gasteiger partial charge is 0.457 e. The molecule has 0 saturated carbocycles. The number of nitrogens with zero attached hydrogens (tertiary/aromatic N) is 3. The highest BCUT2D eigenvalue weighted by atomic mass is 16.5. The number of aromatic nitrogens is 1. The second kappa shape index (κ2) is 7.15. The molecule has 1 aromatic heterocycles. The van der Waals surface area contributed by atoms with Gasteiger partial charge in [0.2, 0.25) is 0 Å². The Morgan fingerprint density at radius 1 is 1.58 bits per heavy atom. The number of ketones is 1. The normalized spacial score (nSPS) is 11.3. The van der Waals surface area contributed by atoms with E-state index in [4.69, 9.17) is 5.53 Å². The summed E-state index contributed by atoms with van der Waals surface area (Å²) >= 11 is 0. The number of Topliss-reactive ketones (excluding diaryl/α,β-unsaturated/α-hetero) is 1. The molecule has 0 aliphatic rings. The SMILES string of the molecule is CCOC(=O)C(=[N+]=[N-])C(=O)CC(O)c1cccnc1. The predicted molar refractivity (Wildman–Crippen MR) is 64.1 cm³/mol. The van der Waals surface area contributed by atoms with Crippen LogP contribution in [0.1, 0.15) is 25.0 Å². The Morgan fingerprint density at radius 2 is 2.32 bits per heavy atom. The fraction of sp³-hybridized carbons (Fsp3) is 0.333. The molecular formula is C12H13N3O4. The maximum absolute atomic E-state index is 11.7. The maximum atomic E-state index is 11.7. The van der Waals surface area contributed by atoms with Crippen molar-refractivity contribution in [2.24, 2.45) is 0 Å². The molecule has 1 rings (SSSR count). The molecule has 0 spiro atoms. The van der Waals surface area contributed by atoms with Gasteiger partial charge in [0.05, 0.1) is 12.7 Å². The van der Waals surface area contributed by atoms with Gasteiger partial charge in [-0.3, -0.25) is 9.78 Å². The van der Waals surface area contributed by atoms with Crippen LogP contribution >= 0.6 is 0 Å². The van der Waals surface area contributed by atoms with Crippen LogP contribution in [0.15, 0.2) is 24.5 Å². The average Bonchev–Trinajstić information content (AvgIpc) is 2.40. The lowest BCUT2D eigenvalue weighted by molar-refractivity contribution is -0.142. The molecule has 0 aliphatic carbocycles. The lowest BCUT2D eigenvalue weighted by Gasteiger charge is -2.07. The van der Waals surface area contributed by atoms with E-state index in [1.807, 2.05) is 0 Å². The second-order valence-corrected chi connectivity index (χ2v) is 3.60. The molecule has 0 aliphatic heterocycles. The first-order chi connectivity index (χ1) is 9.10. The van der Waals surface area contributed by atoms with E-state index < -0.39 is 30.0 Å². The van der Waals surface area contributed by atoms with E-state index in [2.05, 4.69) is 14.5 Å². The summed E-state index contributed by atoms with van der Waals surface area (Å²) in [5.41, 5.74) is 8.35. The van der Waals surface area contributed by atoms with Gasteiger partial charge in [0.25, 0.3) is 5.78 Å². The van der Waals surface area contributed by atoms with Crippen LogP contribution in [-0.4, -0.2) is 39.0 Å². The summed E-state index contributed by atoms with van der Waals surface area (Å²) in [7, 11) is 0. The lowest BCUT2D eigenvalue weighted by atomic mass is 10.0. The van der Waals surface area contributed by atoms with Crippen molar-refractivity contribution >= 4 is 17.5 Å². The number of hydrogen-bond acceptors (Lipinski definition) is 5. The summed E-state index contributed by atoms with van der Waals surface area (Å²) < 4.78 is 4.56. The standard InChI is InChI=1S/C12H13N3O4/c1-2-19-12(18)11(15-13)10(17)6-9(16)8-4-3-5-14-7-8/h3-5,7,9,16H,2,6H2,1H3. The van der Waals surface area contributed by atoms with Gasteiger partial charge in [0.15, 0.2) is 0 Å². The zero-order valence-corrected chi connectivity index (χ0v) is 10.3. The molecule has 0 amide bonds. The second-order valence-electron chi connectivity index (χ2n) is 3.60. The predicted octanol–water partition coefficient (Wildman–Crippen LogP) is 0.308. The molecule has 0 radical (unpaired) electrons. The third-order valence-corrected chi connectivity index (χ3v) is 2.28. The van der Waals surface area contributed by atoms with E-state index in [9.17, 15) is 14.7 Å². The summed E-state index contributed by atoms with van der Waals surface area (Å²) in [5.74, 6) is -1.83. The summed E-state index contributed by atoms with van der Waals surface area (Å²) in [6, 6.07) is 3.19. The number of aliphatic hydroxyl groups excluding tert-OH is 1. The van der Waals surface area contributed by atoms with Gasteiger partial charge < -0.3 is 15.4 Å². The van der Waals surface area contributed by atoms with Crippen LogP contribution < -0.4 is 0 Å². The Labute approximate surface area is 109 Å². The van der Waals surface area contributed by atoms with Gasteiger partial charge >= 0.3 is 11.7 Å². The highest BCUT2D eigenvalue weighted by Crippen LogP contribution is 2.15. The number of pyridine rings is 1. The molecule has 0 bridgehead atoms. The van der Waals surface area contributed by atoms with E-state index in [0.29, 0.717) is 5.56 Å². The zero-order valence-electron chi connectivity index (χ0n) is 10.3. The van der Waals surface area contributed by atoms with Crippen molar-refractivity contribution < 1.29 is 24.2 Å². The molecule has 1 aromatic rings. The van der Waals surface area contributed by atoms with Crippen LogP contribution in [-0.2, 0) is 14.3 Å². The topological polar surface area (TPSA) is 113 Å². The molecular weight excluding hydrogens is 250 g/mol. The Bertz CT molecular complexity index is 509. The van der Waals surface area contributed by atoms with Gasteiger partial charge in [-0.2, -0.15) is 4.79 Å². The highest BCUT2D eigenvalue weighted by molar-refractivity contribution is 6.62. The first kappa shape index (κ1) is 14.7. The molecule has 7 nitrogen and oxygen atoms in total. The quantitative estimate of drug-likeness (QED) is 0.261. The molecule has 0 fully saturated rings. The summed E-state index contributed by atoms with van der Waals surface area (Å²) in [6.07, 6.45) is 1.39. The minimum Gasteiger partial charge on any atom is -0.457 e. The van der Waals surface area contributed by atoms with Gasteiger partial charge in [0, 0.05) is 18.8 Å². The highest BCUT2D eigenvalue weighted by Gasteiger charge is 2.32. The van der Waals surface area contributed by atoms with E-state index in [1.165, 1.54) is 12.4 Å². The number of hydrogen-bond donors (Lipinski definition) is 1. The van der Waals surface area contributed by atoms with E-state index in [-0.39, 0.29) is 6.61 Å². The van der Waals surface area contributed by atoms with Crippen LogP contribution in [0.3, 0.4) is 0 Å². The summed E-state index contributed by atoms with van der Waals surface area (Å²) in [5, 5.41) is 9.80. The summed E-state index contributed by atoms with van der Waals surface area (Å²) in [4.78, 5) is 29.4. The van der Waals surface area contributed by atoms with Gasteiger partial charge in [-0.25, -0.2) is 4.79 Å². The Morgan fingerprint density at radius 3 is 2.84 bits per heavy atom. The van der Waals surface area contributed by atoms with Crippen LogP contribution in [0.2, 0.25) is 0 Å². The number of carbonyl (C=O) groups is 2. The van der Waals surface area contributed by atoms with Gasteiger partial charge in [0.1, 0.15) is 0 Å². The van der Waals surface area contributed by atoms with Gasteiger partial charge in [-0.05, 0) is 18.6 Å². The fourth-order valence-corrected chi connectivity index (χ4v) is 1.37. The third-order valence-electron chi connectivity index (χ3n) is 2.28. The van der Waals surface area contributed by atoms with E-state index in [1.54, 1.807) is 19.1 Å². The number of rotatable bonds is 6. The van der Waals surface area contributed by atoms with E-state index in [0.717, 1.165) is 0 Å². The minimum absolute atomic E-state index is 0.0519. The lowest BCUT2D eigenvalue weighted by Crippen LogP contribution is -2.28. The molecule has 7 heteroatoms. The third kappa shape index (κ3) is 4.09. The van der Waals surface area contributed by atoms with Crippen molar-refractivity contribution in [2.45, 2.75) is 19.4 Å². The molecule has 0 saturated heterocycles. The van der Waals surface area contributed by atoms with Crippen molar-refractivity contribution in [3.05, 3.63) is 35.6 Å². The smallest absolute Gasteiger partial charge is 0.441 e. The number of ether oxygens (including phenoxy) is 1. The molecule has 0 aromatic carbocycles. The zero-order chi connectivity index (χ0) is 14.3. The van der Waals surface area contributed by atoms with E-state index >= 15 is 0 Å². The molecule has 19 heavy (non-hydrogen) atoms. The fourth-order valence-electron chi connectivity index (χ4n) is 1.37. The Hall–Kier alpha value is -2.37. The molecule has 1 unspecified atom stereocenters. The first-order valence-electron chi connectivity index (χ1n) is 5.60. The molecule has 1 N–H and O–H groups in total. The molecule has 1 heterocycles. The molecule has 1 atom stereocenters. The first-order valence-corrected chi connectivity index (χ1v) is 5.60. The van der Waals surface area contributed by atoms with Crippen molar-refractivity contribution in [1.29, 1.82) is 0 Å². The van der Waals surface area contributed by atoms with Crippen LogP contribution in [0, 0.1) is 0 Å². The van der Waals surface area contributed by atoms with Crippen molar-refractivity contribution in [1.82, 2.24) is 4.98 Å². The Balaban J connectivity index is 2.74. The van der Waals surface area contributed by atoms with Crippen molar-refractivity contribution in [3.8, 4) is 0 Å². The van der Waals surface area contributed by atoms with Gasteiger partial charge in [-0.15, -0.1) is 0 Å². The monoisotopic (exact) mass is 263 g/mol. The average molecular weight is 263 g/mol. The van der Waals surface area contributed by atoms with Crippen molar-refractivity contribution in [2.75, 3.05) is 6.61 Å². The van der Waals surface area contributed by atoms with Crippen LogP contribution in [0.5, 0.6) is 0 Å². The number of esters is 1. The Kier molecular flexibility index (Phi) is 5.53. The molecule has 100 valence electrons. The van der Waals surface area contributed by atoms with Crippen molar-refractivity contribution in [3.63, 3.8) is 0 Å². The summed E-state index contributed by atoms with van der Waals surface area (Å²) in [6.45, 7) is 1.61. The maximum Gasteiger partial charge on any atom is 0.441 e. The van der Waals surface area contributed by atoms with Crippen LogP contribution in [0.25, 0.3) is 5.53 Å². The number of carbonyl (C=O) groups excluding carboxylic acids is 2. The van der Waals surface area contributed by atoms with Crippen LogP contribution in [0.4, 0.5) is 0 Å². The van der Waals surface area contributed by atoms with Gasteiger partial charge in [-0.1, -0.05) is 6.07 Å². The number of aliphatic hydroxyl groups is 1. The minimum atomic E-state index is -1.13.